The second-order valence-corrected chi connectivity index (χ2v) is 4.34. The predicted molar refractivity (Wildman–Crippen MR) is 83.1 cm³/mol. The molecule has 1 atom stereocenters. The highest BCUT2D eigenvalue weighted by atomic mass is 35.5. The lowest BCUT2D eigenvalue weighted by Gasteiger charge is -2.12. The summed E-state index contributed by atoms with van der Waals surface area (Å²) in [5, 5.41) is 5.15. The molecule has 0 spiro atoms. The number of halogens is 1. The van der Waals surface area contributed by atoms with Gasteiger partial charge in [-0.3, -0.25) is 9.59 Å². The van der Waals surface area contributed by atoms with Gasteiger partial charge in [0.25, 0.3) is 0 Å². The van der Waals surface area contributed by atoms with E-state index in [1.54, 1.807) is 7.11 Å². The zero-order valence-electron chi connectivity index (χ0n) is 12.0. The number of carbonyl (C=O) groups excluding carboxylic acids is 2. The van der Waals surface area contributed by atoms with Gasteiger partial charge in [0.15, 0.2) is 0 Å². The molecule has 1 rings (SSSR count). The minimum absolute atomic E-state index is 0. The van der Waals surface area contributed by atoms with Crippen LogP contribution in [-0.2, 0) is 14.3 Å². The van der Waals surface area contributed by atoms with E-state index < -0.39 is 0 Å². The highest BCUT2D eigenvalue weighted by molar-refractivity contribution is 5.85. The average Bonchev–Trinajstić information content (AvgIpc) is 2.46. The molecule has 0 aliphatic carbocycles. The van der Waals surface area contributed by atoms with Crippen molar-refractivity contribution in [3.63, 3.8) is 0 Å². The smallest absolute Gasteiger partial charge is 0.239 e. The molecule has 2 amide bonds. The van der Waals surface area contributed by atoms with Gasteiger partial charge < -0.3 is 21.1 Å². The molecule has 0 saturated carbocycles. The Morgan fingerprint density at radius 1 is 1.19 bits per heavy atom. The summed E-state index contributed by atoms with van der Waals surface area (Å²) in [6.45, 7) is 0.817. The van der Waals surface area contributed by atoms with Crippen molar-refractivity contribution < 1.29 is 14.3 Å². The summed E-state index contributed by atoms with van der Waals surface area (Å²) in [6.07, 6.45) is 0.148. The second-order valence-electron chi connectivity index (χ2n) is 4.34. The molecule has 118 valence electrons. The van der Waals surface area contributed by atoms with Crippen LogP contribution in [0.25, 0.3) is 0 Å². The molecule has 1 aromatic rings. The first-order valence-corrected chi connectivity index (χ1v) is 6.46. The number of amides is 2. The summed E-state index contributed by atoms with van der Waals surface area (Å²) >= 11 is 0. The first-order valence-electron chi connectivity index (χ1n) is 6.46. The van der Waals surface area contributed by atoms with E-state index in [-0.39, 0.29) is 43.2 Å². The van der Waals surface area contributed by atoms with E-state index in [9.17, 15) is 9.59 Å². The van der Waals surface area contributed by atoms with Crippen LogP contribution in [0.3, 0.4) is 0 Å². The molecule has 0 bridgehead atoms. The monoisotopic (exact) mass is 315 g/mol. The lowest BCUT2D eigenvalue weighted by molar-refractivity contribution is -0.126. The Balaban J connectivity index is 0.00000400. The first-order chi connectivity index (χ1) is 9.63. The van der Waals surface area contributed by atoms with Crippen LogP contribution >= 0.6 is 12.4 Å². The Labute approximate surface area is 130 Å². The van der Waals surface area contributed by atoms with Gasteiger partial charge in [-0.1, -0.05) is 30.3 Å². The molecular formula is C14H22ClN3O3. The van der Waals surface area contributed by atoms with Crippen molar-refractivity contribution >= 4 is 24.2 Å². The van der Waals surface area contributed by atoms with E-state index in [2.05, 4.69) is 10.6 Å². The van der Waals surface area contributed by atoms with Gasteiger partial charge in [-0.25, -0.2) is 0 Å². The van der Waals surface area contributed by atoms with E-state index in [0.717, 1.165) is 5.56 Å². The lowest BCUT2D eigenvalue weighted by atomic mass is 10.0. The third kappa shape index (κ3) is 8.29. The molecule has 21 heavy (non-hydrogen) atoms. The number of hydrogen-bond donors (Lipinski definition) is 3. The van der Waals surface area contributed by atoms with Crippen LogP contribution < -0.4 is 16.4 Å². The summed E-state index contributed by atoms with van der Waals surface area (Å²) in [6, 6.07) is 9.01. The summed E-state index contributed by atoms with van der Waals surface area (Å²) in [7, 11) is 1.55. The number of rotatable bonds is 8. The molecule has 0 saturated heterocycles. The third-order valence-corrected chi connectivity index (χ3v) is 2.71. The van der Waals surface area contributed by atoms with Gasteiger partial charge in [-0.05, 0) is 5.56 Å². The molecule has 0 fully saturated rings. The molecule has 0 radical (unpaired) electrons. The van der Waals surface area contributed by atoms with E-state index in [4.69, 9.17) is 10.5 Å². The van der Waals surface area contributed by atoms with Crippen molar-refractivity contribution in [1.82, 2.24) is 10.6 Å². The maximum atomic E-state index is 11.7. The quantitative estimate of drug-likeness (QED) is 0.604. The van der Waals surface area contributed by atoms with Crippen LogP contribution in [0.5, 0.6) is 0 Å². The Morgan fingerprint density at radius 3 is 2.48 bits per heavy atom. The molecule has 4 N–H and O–H groups in total. The Kier molecular flexibility index (Phi) is 10.2. The van der Waals surface area contributed by atoms with E-state index in [0.29, 0.717) is 13.2 Å². The van der Waals surface area contributed by atoms with Crippen molar-refractivity contribution in [3.05, 3.63) is 35.9 Å². The number of nitrogens with two attached hydrogens (primary N) is 1. The van der Waals surface area contributed by atoms with Gasteiger partial charge in [0.2, 0.25) is 11.8 Å². The zero-order valence-corrected chi connectivity index (χ0v) is 12.8. The van der Waals surface area contributed by atoms with Gasteiger partial charge in [-0.15, -0.1) is 12.4 Å². The Bertz CT molecular complexity index is 429. The van der Waals surface area contributed by atoms with Gasteiger partial charge in [0, 0.05) is 26.1 Å². The zero-order chi connectivity index (χ0) is 14.8. The van der Waals surface area contributed by atoms with Crippen LogP contribution in [-0.4, -0.2) is 38.6 Å². The highest BCUT2D eigenvalue weighted by Gasteiger charge is 2.12. The van der Waals surface area contributed by atoms with Gasteiger partial charge >= 0.3 is 0 Å². The first kappa shape index (κ1) is 19.4. The van der Waals surface area contributed by atoms with Crippen molar-refractivity contribution in [2.24, 2.45) is 5.73 Å². The lowest BCUT2D eigenvalue weighted by Crippen LogP contribution is -2.38. The van der Waals surface area contributed by atoms with Crippen LogP contribution in [0.2, 0.25) is 0 Å². The fourth-order valence-corrected chi connectivity index (χ4v) is 1.62. The SMILES string of the molecule is COCCNC(=O)CNC(=O)CC(N)c1ccccc1.Cl. The standard InChI is InChI=1S/C14H21N3O3.ClH/c1-20-8-7-16-14(19)10-17-13(18)9-12(15)11-5-3-2-4-6-11;/h2-6,12H,7-10,15H2,1H3,(H,16,19)(H,17,18);1H. The molecule has 0 heterocycles. The largest absolute Gasteiger partial charge is 0.383 e. The fourth-order valence-electron chi connectivity index (χ4n) is 1.62. The molecular weight excluding hydrogens is 294 g/mol. The van der Waals surface area contributed by atoms with Crippen LogP contribution in [0.15, 0.2) is 30.3 Å². The molecule has 7 heteroatoms. The summed E-state index contributed by atoms with van der Waals surface area (Å²) in [4.78, 5) is 23.0. The van der Waals surface area contributed by atoms with E-state index >= 15 is 0 Å². The number of methoxy groups -OCH3 is 1. The van der Waals surface area contributed by atoms with E-state index in [1.807, 2.05) is 30.3 Å². The van der Waals surface area contributed by atoms with Crippen molar-refractivity contribution in [2.45, 2.75) is 12.5 Å². The molecule has 1 aromatic carbocycles. The summed E-state index contributed by atoms with van der Waals surface area (Å²) < 4.78 is 4.80. The molecule has 0 aliphatic rings. The average molecular weight is 316 g/mol. The second kappa shape index (κ2) is 11.1. The van der Waals surface area contributed by atoms with Gasteiger partial charge in [0.1, 0.15) is 0 Å². The molecule has 0 aliphatic heterocycles. The number of nitrogens with one attached hydrogen (secondary N) is 2. The van der Waals surface area contributed by atoms with Crippen molar-refractivity contribution in [3.8, 4) is 0 Å². The topological polar surface area (TPSA) is 93.5 Å². The van der Waals surface area contributed by atoms with Crippen LogP contribution in [0.4, 0.5) is 0 Å². The number of carbonyl (C=O) groups is 2. The Hall–Kier alpha value is -1.63. The Morgan fingerprint density at radius 2 is 1.86 bits per heavy atom. The van der Waals surface area contributed by atoms with Crippen LogP contribution in [0.1, 0.15) is 18.0 Å². The summed E-state index contributed by atoms with van der Waals surface area (Å²) in [5.41, 5.74) is 6.82. The normalized spacial score (nSPS) is 11.1. The van der Waals surface area contributed by atoms with Crippen molar-refractivity contribution in [2.75, 3.05) is 26.8 Å². The van der Waals surface area contributed by atoms with Crippen molar-refractivity contribution in [1.29, 1.82) is 0 Å². The number of ether oxygens (including phenoxy) is 1. The van der Waals surface area contributed by atoms with E-state index in [1.165, 1.54) is 0 Å². The molecule has 6 nitrogen and oxygen atoms in total. The number of hydrogen-bond acceptors (Lipinski definition) is 4. The molecule has 0 aromatic heterocycles. The molecule has 1 unspecified atom stereocenters. The fraction of sp³-hybridized carbons (Fsp3) is 0.429. The summed E-state index contributed by atoms with van der Waals surface area (Å²) in [5.74, 6) is -0.494. The van der Waals surface area contributed by atoms with Gasteiger partial charge in [0.05, 0.1) is 13.2 Å². The number of benzene rings is 1. The third-order valence-electron chi connectivity index (χ3n) is 2.71. The minimum atomic E-state index is -0.368. The highest BCUT2D eigenvalue weighted by Crippen LogP contribution is 2.12. The predicted octanol–water partition coefficient (Wildman–Crippen LogP) is 0.377. The maximum absolute atomic E-state index is 11.7. The van der Waals surface area contributed by atoms with Crippen LogP contribution in [0, 0.1) is 0 Å². The maximum Gasteiger partial charge on any atom is 0.239 e. The van der Waals surface area contributed by atoms with Gasteiger partial charge in [-0.2, -0.15) is 0 Å². The minimum Gasteiger partial charge on any atom is -0.383 e.